The van der Waals surface area contributed by atoms with Crippen molar-refractivity contribution >= 4 is 27.7 Å². The Balaban J connectivity index is 2.00. The molecule has 7 heteroatoms. The second kappa shape index (κ2) is 6.42. The average Bonchev–Trinajstić information content (AvgIpc) is 2.48. The maximum Gasteiger partial charge on any atom is 0.271 e. The summed E-state index contributed by atoms with van der Waals surface area (Å²) in [6.45, 7) is 0.415. The Morgan fingerprint density at radius 2 is 2.10 bits per heavy atom. The van der Waals surface area contributed by atoms with Gasteiger partial charge in [-0.2, -0.15) is 0 Å². The monoisotopic (exact) mass is 338 g/mol. The molecule has 0 fully saturated rings. The molecule has 20 heavy (non-hydrogen) atoms. The van der Waals surface area contributed by atoms with Crippen LogP contribution in [0.25, 0.3) is 0 Å². The van der Waals surface area contributed by atoms with Crippen LogP contribution >= 0.6 is 15.9 Å². The number of hydrogen-bond acceptors (Lipinski definition) is 4. The van der Waals surface area contributed by atoms with Gasteiger partial charge >= 0.3 is 0 Å². The predicted octanol–water partition coefficient (Wildman–Crippen LogP) is 2.35. The Kier molecular flexibility index (Phi) is 4.62. The maximum atomic E-state index is 13.3. The fraction of sp³-hybridized carbons (Fsp3) is 0.154. The number of halogens is 2. The van der Waals surface area contributed by atoms with Gasteiger partial charge in [0.25, 0.3) is 5.91 Å². The summed E-state index contributed by atoms with van der Waals surface area (Å²) in [4.78, 5) is 11.3. The molecule has 0 bridgehead atoms. The van der Waals surface area contributed by atoms with E-state index < -0.39 is 0 Å². The number of hydrogen-bond donors (Lipinski definition) is 2. The van der Waals surface area contributed by atoms with Crippen molar-refractivity contribution in [2.45, 2.75) is 6.54 Å². The lowest BCUT2D eigenvalue weighted by Crippen LogP contribution is -2.19. The first-order chi connectivity index (χ1) is 9.60. The number of benzene rings is 1. The highest BCUT2D eigenvalue weighted by molar-refractivity contribution is 9.10. The van der Waals surface area contributed by atoms with Crippen LogP contribution in [0, 0.1) is 5.82 Å². The summed E-state index contributed by atoms with van der Waals surface area (Å²) in [5.74, 6) is -0.0923. The molecule has 1 aromatic carbocycles. The Hall–Kier alpha value is -2.02. The number of carbonyl (C=O) groups is 1. The fourth-order valence-corrected chi connectivity index (χ4v) is 1.76. The van der Waals surface area contributed by atoms with Crippen molar-refractivity contribution in [1.82, 2.24) is 15.5 Å². The van der Waals surface area contributed by atoms with Crippen LogP contribution in [0.3, 0.4) is 0 Å². The van der Waals surface area contributed by atoms with Crippen LogP contribution in [0.2, 0.25) is 0 Å². The number of anilines is 1. The van der Waals surface area contributed by atoms with Crippen molar-refractivity contribution in [3.63, 3.8) is 0 Å². The zero-order chi connectivity index (χ0) is 14.5. The molecule has 0 radical (unpaired) electrons. The third-order valence-corrected chi connectivity index (χ3v) is 3.23. The van der Waals surface area contributed by atoms with Gasteiger partial charge in [0, 0.05) is 13.6 Å². The lowest BCUT2D eigenvalue weighted by molar-refractivity contribution is 0.0957. The predicted molar refractivity (Wildman–Crippen MR) is 76.8 cm³/mol. The third kappa shape index (κ3) is 3.51. The molecule has 0 saturated heterocycles. The van der Waals surface area contributed by atoms with E-state index in [-0.39, 0.29) is 17.4 Å². The van der Waals surface area contributed by atoms with Crippen molar-refractivity contribution in [2.24, 2.45) is 0 Å². The quantitative estimate of drug-likeness (QED) is 0.897. The molecule has 0 aliphatic rings. The van der Waals surface area contributed by atoms with Gasteiger partial charge in [0.2, 0.25) is 0 Å². The van der Waals surface area contributed by atoms with Crippen LogP contribution in [0.1, 0.15) is 16.1 Å². The van der Waals surface area contributed by atoms with Gasteiger partial charge in [-0.05, 0) is 45.8 Å². The highest BCUT2D eigenvalue weighted by Crippen LogP contribution is 2.17. The lowest BCUT2D eigenvalue weighted by Gasteiger charge is -2.06. The number of nitrogens with one attached hydrogen (secondary N) is 2. The minimum atomic E-state index is -0.314. The summed E-state index contributed by atoms with van der Waals surface area (Å²) >= 11 is 3.10. The second-order valence-electron chi connectivity index (χ2n) is 3.98. The Labute approximate surface area is 123 Å². The van der Waals surface area contributed by atoms with E-state index in [4.69, 9.17) is 0 Å². The van der Waals surface area contributed by atoms with Gasteiger partial charge in [-0.3, -0.25) is 4.79 Å². The summed E-state index contributed by atoms with van der Waals surface area (Å²) < 4.78 is 13.8. The molecule has 0 spiro atoms. The molecule has 5 nitrogen and oxygen atoms in total. The molecule has 1 aromatic heterocycles. The zero-order valence-corrected chi connectivity index (χ0v) is 12.2. The van der Waals surface area contributed by atoms with Gasteiger partial charge in [0.15, 0.2) is 5.69 Å². The Morgan fingerprint density at radius 1 is 1.30 bits per heavy atom. The van der Waals surface area contributed by atoms with E-state index in [2.05, 4.69) is 36.8 Å². The van der Waals surface area contributed by atoms with Gasteiger partial charge in [-0.25, -0.2) is 4.39 Å². The Morgan fingerprint density at radius 3 is 2.70 bits per heavy atom. The van der Waals surface area contributed by atoms with E-state index >= 15 is 0 Å². The van der Waals surface area contributed by atoms with Gasteiger partial charge in [-0.1, -0.05) is 6.07 Å². The summed E-state index contributed by atoms with van der Waals surface area (Å²) in [5.41, 5.74) is 1.02. The summed E-state index contributed by atoms with van der Waals surface area (Å²) in [6.07, 6.45) is 0. The van der Waals surface area contributed by atoms with Crippen molar-refractivity contribution in [3.05, 3.63) is 51.9 Å². The first-order valence-electron chi connectivity index (χ1n) is 5.84. The molecule has 0 atom stereocenters. The van der Waals surface area contributed by atoms with E-state index in [0.29, 0.717) is 16.8 Å². The van der Waals surface area contributed by atoms with Crippen LogP contribution < -0.4 is 10.6 Å². The molecule has 1 heterocycles. The normalized spacial score (nSPS) is 10.2. The van der Waals surface area contributed by atoms with Crippen LogP contribution in [0.5, 0.6) is 0 Å². The minimum Gasteiger partial charge on any atom is -0.365 e. The zero-order valence-electron chi connectivity index (χ0n) is 10.7. The van der Waals surface area contributed by atoms with E-state index in [0.717, 1.165) is 5.56 Å². The van der Waals surface area contributed by atoms with Crippen molar-refractivity contribution in [2.75, 3.05) is 12.4 Å². The van der Waals surface area contributed by atoms with E-state index in [1.54, 1.807) is 24.3 Å². The summed E-state index contributed by atoms with van der Waals surface area (Å²) in [5, 5.41) is 13.1. The summed E-state index contributed by atoms with van der Waals surface area (Å²) in [7, 11) is 1.53. The van der Waals surface area contributed by atoms with Crippen LogP contribution in [-0.4, -0.2) is 23.2 Å². The number of amides is 1. The van der Waals surface area contributed by atoms with Crippen LogP contribution in [-0.2, 0) is 6.54 Å². The smallest absolute Gasteiger partial charge is 0.271 e. The number of rotatable bonds is 4. The minimum absolute atomic E-state index is 0.243. The third-order valence-electron chi connectivity index (χ3n) is 2.58. The summed E-state index contributed by atoms with van der Waals surface area (Å²) in [6, 6.07) is 8.09. The first-order valence-corrected chi connectivity index (χ1v) is 6.63. The molecule has 2 aromatic rings. The topological polar surface area (TPSA) is 66.9 Å². The van der Waals surface area contributed by atoms with Gasteiger partial charge in [-0.15, -0.1) is 10.2 Å². The van der Waals surface area contributed by atoms with E-state index in [9.17, 15) is 9.18 Å². The highest BCUT2D eigenvalue weighted by Gasteiger charge is 2.05. The van der Waals surface area contributed by atoms with E-state index in [1.807, 2.05) is 0 Å². The number of carbonyl (C=O) groups excluding carboxylic acids is 1. The molecule has 104 valence electrons. The average molecular weight is 339 g/mol. The van der Waals surface area contributed by atoms with Gasteiger partial charge < -0.3 is 10.6 Å². The lowest BCUT2D eigenvalue weighted by atomic mass is 10.2. The standard InChI is InChI=1S/C13H12BrFN4O/c1-16-13(20)11-4-5-12(19-18-11)17-7-8-2-3-9(14)10(15)6-8/h2-6H,7H2,1H3,(H,16,20)(H,17,19). The molecular formula is C13H12BrFN4O. The number of nitrogens with zero attached hydrogens (tertiary/aromatic N) is 2. The van der Waals surface area contributed by atoms with E-state index in [1.165, 1.54) is 13.1 Å². The maximum absolute atomic E-state index is 13.3. The van der Waals surface area contributed by atoms with Gasteiger partial charge in [0.05, 0.1) is 4.47 Å². The highest BCUT2D eigenvalue weighted by atomic mass is 79.9. The van der Waals surface area contributed by atoms with Crippen molar-refractivity contribution in [1.29, 1.82) is 0 Å². The van der Waals surface area contributed by atoms with Crippen molar-refractivity contribution in [3.8, 4) is 0 Å². The van der Waals surface area contributed by atoms with Crippen LogP contribution in [0.15, 0.2) is 34.8 Å². The molecule has 0 saturated carbocycles. The van der Waals surface area contributed by atoms with Crippen LogP contribution in [0.4, 0.5) is 10.2 Å². The number of aromatic nitrogens is 2. The molecule has 0 aliphatic heterocycles. The SMILES string of the molecule is CNC(=O)c1ccc(NCc2ccc(Br)c(F)c2)nn1. The van der Waals surface area contributed by atoms with Crippen molar-refractivity contribution < 1.29 is 9.18 Å². The second-order valence-corrected chi connectivity index (χ2v) is 4.84. The molecule has 2 rings (SSSR count). The molecule has 2 N–H and O–H groups in total. The molecule has 1 amide bonds. The Bertz CT molecular complexity index is 618. The molecule has 0 aliphatic carbocycles. The first kappa shape index (κ1) is 14.4. The molecular weight excluding hydrogens is 327 g/mol. The fourth-order valence-electron chi connectivity index (χ4n) is 1.52. The largest absolute Gasteiger partial charge is 0.365 e. The molecule has 0 unspecified atom stereocenters. The van der Waals surface area contributed by atoms with Gasteiger partial charge in [0.1, 0.15) is 11.6 Å².